The van der Waals surface area contributed by atoms with E-state index in [-0.39, 0.29) is 61.4 Å². The van der Waals surface area contributed by atoms with Gasteiger partial charge in [0.05, 0.1) is 18.2 Å². The second kappa shape index (κ2) is 16.2. The first-order valence-electron chi connectivity index (χ1n) is 19.9. The molecule has 7 rings (SSSR count). The molecule has 2 unspecified atom stereocenters. The Bertz CT molecular complexity index is 2060. The van der Waals surface area contributed by atoms with Crippen LogP contribution in [0, 0.1) is 32.1 Å². The van der Waals surface area contributed by atoms with E-state index < -0.39 is 18.1 Å². The predicted octanol–water partition coefficient (Wildman–Crippen LogP) is 5.56. The number of nitriles is 1. The summed E-state index contributed by atoms with van der Waals surface area (Å²) >= 11 is 0. The van der Waals surface area contributed by atoms with Crippen molar-refractivity contribution in [3.63, 3.8) is 0 Å². The normalized spacial score (nSPS) is 22.6. The molecular formula is C44H53N5O7. The van der Waals surface area contributed by atoms with Crippen molar-refractivity contribution in [2.75, 3.05) is 20.4 Å². The number of phenols is 1. The summed E-state index contributed by atoms with van der Waals surface area (Å²) in [5, 5.41) is 28.8. The molecule has 0 aromatic heterocycles. The summed E-state index contributed by atoms with van der Waals surface area (Å²) in [7, 11) is 2.03. The van der Waals surface area contributed by atoms with Gasteiger partial charge in [-0.1, -0.05) is 56.2 Å². The Hall–Kier alpha value is -5.12. The number of likely N-dealkylation sites (N-methyl/N-ethyl adjacent to an activating group) is 1. The van der Waals surface area contributed by atoms with Crippen molar-refractivity contribution < 1.29 is 33.7 Å². The number of carbonyl (C=O) groups excluding carboxylic acids is 3. The van der Waals surface area contributed by atoms with Crippen molar-refractivity contribution in [1.82, 2.24) is 20.4 Å². The van der Waals surface area contributed by atoms with E-state index in [2.05, 4.69) is 39.5 Å². The van der Waals surface area contributed by atoms with Crippen molar-refractivity contribution in [3.05, 3.63) is 80.9 Å². The zero-order valence-electron chi connectivity index (χ0n) is 33.2. The van der Waals surface area contributed by atoms with Gasteiger partial charge in [-0.05, 0) is 82.7 Å². The van der Waals surface area contributed by atoms with Gasteiger partial charge in [0.2, 0.25) is 18.6 Å². The largest absolute Gasteiger partial charge is 0.507 e. The molecule has 4 aliphatic heterocycles. The van der Waals surface area contributed by atoms with Crippen LogP contribution < -0.4 is 24.8 Å². The molecule has 56 heavy (non-hydrogen) atoms. The second-order valence-electron chi connectivity index (χ2n) is 15.8. The van der Waals surface area contributed by atoms with E-state index in [1.165, 1.54) is 0 Å². The third-order valence-electron chi connectivity index (χ3n) is 12.4. The number of ether oxygens (including phenoxy) is 3. The number of hydrogen-bond acceptors (Lipinski definition) is 10. The highest BCUT2D eigenvalue weighted by atomic mass is 16.7. The number of unbranched alkanes of at least 4 members (excludes halogenated alkanes) is 2. The van der Waals surface area contributed by atoms with Crippen LogP contribution in [0.5, 0.6) is 23.0 Å². The minimum atomic E-state index is -0.819. The molecule has 6 atom stereocenters. The average Bonchev–Trinajstić information content (AvgIpc) is 3.68. The van der Waals surface area contributed by atoms with Gasteiger partial charge in [-0.15, -0.1) is 0 Å². The van der Waals surface area contributed by atoms with E-state index in [4.69, 9.17) is 14.2 Å². The van der Waals surface area contributed by atoms with Crippen molar-refractivity contribution in [2.24, 2.45) is 0 Å². The van der Waals surface area contributed by atoms with Gasteiger partial charge in [-0.3, -0.25) is 24.2 Å². The van der Waals surface area contributed by atoms with Gasteiger partial charge in [0, 0.05) is 53.7 Å². The highest BCUT2D eigenvalue weighted by Crippen LogP contribution is 2.57. The van der Waals surface area contributed by atoms with Gasteiger partial charge in [0.25, 0.3) is 0 Å². The van der Waals surface area contributed by atoms with Gasteiger partial charge in [-0.25, -0.2) is 0 Å². The molecular weight excluding hydrogens is 711 g/mol. The number of nitrogens with one attached hydrogen (secondary N) is 2. The van der Waals surface area contributed by atoms with E-state index in [9.17, 15) is 24.8 Å². The van der Waals surface area contributed by atoms with Crippen LogP contribution in [0.15, 0.2) is 36.4 Å². The van der Waals surface area contributed by atoms with E-state index in [0.717, 1.165) is 47.1 Å². The van der Waals surface area contributed by atoms with Gasteiger partial charge in [-0.2, -0.15) is 5.26 Å². The van der Waals surface area contributed by atoms with Gasteiger partial charge in [0.1, 0.15) is 23.6 Å². The van der Waals surface area contributed by atoms with Gasteiger partial charge < -0.3 is 30.0 Å². The lowest BCUT2D eigenvalue weighted by Gasteiger charge is -2.60. The first kappa shape index (κ1) is 39.1. The quantitative estimate of drug-likeness (QED) is 0.122. The van der Waals surface area contributed by atoms with Crippen LogP contribution in [0.2, 0.25) is 0 Å². The fraction of sp³-hybridized carbons (Fsp3) is 0.500. The molecule has 3 aromatic rings. The Balaban J connectivity index is 1.25. The number of aryl methyl sites for hydroxylation is 2. The molecule has 0 spiro atoms. The van der Waals surface area contributed by atoms with Crippen molar-refractivity contribution in [2.45, 2.75) is 122 Å². The Labute approximate surface area is 329 Å². The van der Waals surface area contributed by atoms with Crippen LogP contribution in [0.3, 0.4) is 0 Å². The smallest absolute Gasteiger partial charge is 0.311 e. The molecule has 1 fully saturated rings. The molecule has 1 saturated heterocycles. The molecule has 3 N–H and O–H groups in total. The number of hydrogen-bond donors (Lipinski definition) is 3. The standard InChI is InChI=1S/C44H53N5O7/c1-7-8-10-15-36(51)56-41-25(3)24(2)18-29-19-31-33(21-45)49-32(39(37(29)41)48(31)6)20-30-38(43-42(54-23-55-43)26(4)40(30)52)34(49)22-46-44(53)27(5)47-35(50)17-16-28-13-11-9-12-14-28/h9,11-14,18,27,31-34,39,52H,7-8,10,15-17,19-20,22-23H2,1-6H3,(H,46,53)(H,47,50)/t27?,31-,32?,33+,34+,39+/m1/s1. The fourth-order valence-electron chi connectivity index (χ4n) is 9.34. The summed E-state index contributed by atoms with van der Waals surface area (Å²) in [4.78, 5) is 44.4. The van der Waals surface area contributed by atoms with E-state index in [1.54, 1.807) is 13.8 Å². The van der Waals surface area contributed by atoms with Crippen LogP contribution in [0.4, 0.5) is 0 Å². The molecule has 2 bridgehead atoms. The lowest BCUT2D eigenvalue weighted by atomic mass is 9.71. The first-order valence-corrected chi connectivity index (χ1v) is 19.9. The van der Waals surface area contributed by atoms with Crippen molar-refractivity contribution >= 4 is 17.8 Å². The maximum Gasteiger partial charge on any atom is 0.311 e. The number of aromatic hydroxyl groups is 1. The van der Waals surface area contributed by atoms with Crippen molar-refractivity contribution in [1.29, 1.82) is 5.26 Å². The summed E-state index contributed by atoms with van der Waals surface area (Å²) in [6.07, 6.45) is 4.74. The average molecular weight is 764 g/mol. The predicted molar refractivity (Wildman–Crippen MR) is 210 cm³/mol. The zero-order valence-corrected chi connectivity index (χ0v) is 33.2. The number of rotatable bonds is 12. The topological polar surface area (TPSA) is 153 Å². The first-order chi connectivity index (χ1) is 26.9. The molecule has 0 saturated carbocycles. The Morgan fingerprint density at radius 3 is 2.50 bits per heavy atom. The van der Waals surface area contributed by atoms with Crippen molar-refractivity contribution in [3.8, 4) is 29.1 Å². The van der Waals surface area contributed by atoms with Crippen LogP contribution in [-0.4, -0.2) is 77.2 Å². The molecule has 2 amide bonds. The maximum absolute atomic E-state index is 13.7. The Morgan fingerprint density at radius 2 is 1.77 bits per heavy atom. The van der Waals surface area contributed by atoms with E-state index in [0.29, 0.717) is 59.6 Å². The summed E-state index contributed by atoms with van der Waals surface area (Å²) in [6.45, 7) is 9.62. The lowest BCUT2D eigenvalue weighted by molar-refractivity contribution is -0.134. The minimum absolute atomic E-state index is 0.0186. The van der Waals surface area contributed by atoms with Crippen LogP contribution in [-0.2, 0) is 33.6 Å². The van der Waals surface area contributed by atoms with E-state index >= 15 is 0 Å². The number of benzene rings is 3. The summed E-state index contributed by atoms with van der Waals surface area (Å²) in [5.74, 6) is 0.756. The van der Waals surface area contributed by atoms with E-state index in [1.807, 2.05) is 51.2 Å². The van der Waals surface area contributed by atoms with Gasteiger partial charge in [0.15, 0.2) is 11.5 Å². The molecule has 4 heterocycles. The number of fused-ring (bicyclic) bond motifs is 9. The van der Waals surface area contributed by atoms with Crippen LogP contribution >= 0.6 is 0 Å². The molecule has 0 aliphatic carbocycles. The van der Waals surface area contributed by atoms with Gasteiger partial charge >= 0.3 is 5.97 Å². The molecule has 0 radical (unpaired) electrons. The fourth-order valence-corrected chi connectivity index (χ4v) is 9.34. The number of esters is 1. The molecule has 4 aliphatic rings. The molecule has 12 nitrogen and oxygen atoms in total. The maximum atomic E-state index is 13.7. The summed E-state index contributed by atoms with van der Waals surface area (Å²) in [5.41, 5.74) is 6.86. The number of phenolic OH excluding ortho intramolecular Hbond substituents is 1. The number of nitrogens with zero attached hydrogens (tertiary/aromatic N) is 3. The highest BCUT2D eigenvalue weighted by Gasteiger charge is 2.56. The lowest BCUT2D eigenvalue weighted by Crippen LogP contribution is -2.69. The number of piperazine rings is 1. The summed E-state index contributed by atoms with van der Waals surface area (Å²) < 4.78 is 18.3. The Kier molecular flexibility index (Phi) is 11.3. The van der Waals surface area contributed by atoms with Crippen LogP contribution in [0.25, 0.3) is 0 Å². The molecule has 12 heteroatoms. The molecule has 3 aromatic carbocycles. The SMILES string of the molecule is CCCCCC(=O)Oc1c(C)c(C)cc2c1[C@@H]1C3Cc4c(O)c(C)c5c(c4[C@H](CNC(=O)C(C)NC(=O)CCc4ccccc4)N3[C@@H](C#N)[C@@H](C2)N1C)OCO5. The zero-order chi connectivity index (χ0) is 39.8. The second-order valence-corrected chi connectivity index (χ2v) is 15.8. The summed E-state index contributed by atoms with van der Waals surface area (Å²) in [6, 6.07) is 11.6. The third kappa shape index (κ3) is 7.07. The molecule has 296 valence electrons. The number of amides is 2. The number of carbonyl (C=O) groups is 3. The minimum Gasteiger partial charge on any atom is -0.507 e. The highest BCUT2D eigenvalue weighted by molar-refractivity contribution is 5.87. The van der Waals surface area contributed by atoms with Crippen LogP contribution in [0.1, 0.15) is 103 Å². The Morgan fingerprint density at radius 1 is 1.02 bits per heavy atom. The third-order valence-corrected chi connectivity index (χ3v) is 12.4. The monoisotopic (exact) mass is 763 g/mol.